The Kier molecular flexibility index (Phi) is 9.10. The van der Waals surface area contributed by atoms with Crippen molar-refractivity contribution in [3.63, 3.8) is 0 Å². The normalized spacial score (nSPS) is 14.8. The van der Waals surface area contributed by atoms with Gasteiger partial charge >= 0.3 is 0 Å². The Hall–Kier alpha value is -0.580. The summed E-state index contributed by atoms with van der Waals surface area (Å²) < 4.78 is 0. The maximum atomic E-state index is 4.50. The van der Waals surface area contributed by atoms with Crippen molar-refractivity contribution in [1.29, 1.82) is 0 Å². The SMILES string of the molecule is Cl.Cl.Cl.c1cnc2c(CN3CCNCC3)cccc2c1. The number of piperazine rings is 1. The van der Waals surface area contributed by atoms with Crippen LogP contribution < -0.4 is 5.32 Å². The maximum absolute atomic E-state index is 4.50. The number of nitrogens with zero attached hydrogens (tertiary/aromatic N) is 2. The largest absolute Gasteiger partial charge is 0.314 e. The minimum Gasteiger partial charge on any atom is -0.314 e. The van der Waals surface area contributed by atoms with Gasteiger partial charge in [-0.2, -0.15) is 0 Å². The molecule has 1 saturated heterocycles. The summed E-state index contributed by atoms with van der Waals surface area (Å²) in [6.07, 6.45) is 1.88. The lowest BCUT2D eigenvalue weighted by molar-refractivity contribution is 0.234. The molecule has 0 aliphatic carbocycles. The molecule has 6 heteroatoms. The number of aromatic nitrogens is 1. The molecule has 2 aromatic rings. The topological polar surface area (TPSA) is 28.2 Å². The predicted octanol–water partition coefficient (Wildman–Crippen LogP) is 2.91. The summed E-state index contributed by atoms with van der Waals surface area (Å²) in [6, 6.07) is 10.6. The van der Waals surface area contributed by atoms with Gasteiger partial charge < -0.3 is 5.32 Å². The molecule has 1 fully saturated rings. The number of pyridine rings is 1. The fourth-order valence-electron chi connectivity index (χ4n) is 2.41. The van der Waals surface area contributed by atoms with Crippen molar-refractivity contribution in [3.05, 3.63) is 42.1 Å². The molecule has 20 heavy (non-hydrogen) atoms. The van der Waals surface area contributed by atoms with Crippen molar-refractivity contribution in [3.8, 4) is 0 Å². The molecule has 0 bridgehead atoms. The zero-order valence-electron chi connectivity index (χ0n) is 11.1. The van der Waals surface area contributed by atoms with Crippen LogP contribution in [0.15, 0.2) is 36.5 Å². The lowest BCUT2D eigenvalue weighted by Gasteiger charge is -2.27. The minimum atomic E-state index is 0. The van der Waals surface area contributed by atoms with E-state index in [9.17, 15) is 0 Å². The second-order valence-electron chi connectivity index (χ2n) is 4.52. The van der Waals surface area contributed by atoms with Gasteiger partial charge in [0.2, 0.25) is 0 Å². The number of halogens is 3. The first kappa shape index (κ1) is 19.4. The van der Waals surface area contributed by atoms with Crippen molar-refractivity contribution >= 4 is 48.1 Å². The van der Waals surface area contributed by atoms with Gasteiger partial charge in [-0.15, -0.1) is 37.2 Å². The highest BCUT2D eigenvalue weighted by molar-refractivity contribution is 5.86. The summed E-state index contributed by atoms with van der Waals surface area (Å²) in [4.78, 5) is 6.99. The first-order valence-electron chi connectivity index (χ1n) is 6.19. The molecule has 1 aliphatic heterocycles. The van der Waals surface area contributed by atoms with Crippen LogP contribution >= 0.6 is 37.2 Å². The first-order chi connectivity index (χ1) is 8.43. The van der Waals surface area contributed by atoms with E-state index in [0.29, 0.717) is 0 Å². The number of rotatable bonds is 2. The Bertz CT molecular complexity index is 510. The van der Waals surface area contributed by atoms with Gasteiger partial charge in [0, 0.05) is 44.3 Å². The van der Waals surface area contributed by atoms with E-state index < -0.39 is 0 Å². The van der Waals surface area contributed by atoms with Crippen LogP contribution in [-0.2, 0) is 6.54 Å². The van der Waals surface area contributed by atoms with E-state index in [1.54, 1.807) is 0 Å². The van der Waals surface area contributed by atoms with Gasteiger partial charge in [-0.05, 0) is 11.6 Å². The first-order valence-corrected chi connectivity index (χ1v) is 6.19. The molecule has 0 saturated carbocycles. The Balaban J connectivity index is 0.00000120. The number of benzene rings is 1. The summed E-state index contributed by atoms with van der Waals surface area (Å²) in [5.74, 6) is 0. The van der Waals surface area contributed by atoms with Crippen LogP contribution in [0.3, 0.4) is 0 Å². The van der Waals surface area contributed by atoms with Gasteiger partial charge in [0.25, 0.3) is 0 Å². The summed E-state index contributed by atoms with van der Waals surface area (Å²) in [5.41, 5.74) is 2.48. The van der Waals surface area contributed by atoms with Gasteiger partial charge in [-0.1, -0.05) is 24.3 Å². The highest BCUT2D eigenvalue weighted by atomic mass is 35.5. The predicted molar refractivity (Wildman–Crippen MR) is 91.6 cm³/mol. The van der Waals surface area contributed by atoms with E-state index in [-0.39, 0.29) is 37.2 Å². The van der Waals surface area contributed by atoms with Crippen LogP contribution in [-0.4, -0.2) is 36.1 Å². The smallest absolute Gasteiger partial charge is 0.0746 e. The minimum absolute atomic E-state index is 0. The highest BCUT2D eigenvalue weighted by Gasteiger charge is 2.11. The molecule has 1 aromatic heterocycles. The molecule has 0 atom stereocenters. The number of nitrogens with one attached hydrogen (secondary N) is 1. The fourth-order valence-corrected chi connectivity index (χ4v) is 2.41. The average molecular weight is 337 g/mol. The van der Waals surface area contributed by atoms with E-state index in [1.165, 1.54) is 10.9 Å². The molecule has 3 nitrogen and oxygen atoms in total. The standard InChI is InChI=1S/C14H17N3.3ClH/c1-3-12-5-2-6-16-14(12)13(4-1)11-17-9-7-15-8-10-17;;;/h1-6,15H,7-11H2;3*1H. The van der Waals surface area contributed by atoms with Crippen molar-refractivity contribution in [2.45, 2.75) is 6.54 Å². The molecule has 1 aromatic carbocycles. The van der Waals surface area contributed by atoms with Crippen molar-refractivity contribution in [2.24, 2.45) is 0 Å². The quantitative estimate of drug-likeness (QED) is 0.914. The van der Waals surface area contributed by atoms with Gasteiger partial charge in [0.15, 0.2) is 0 Å². The molecular formula is C14H20Cl3N3. The van der Waals surface area contributed by atoms with Crippen molar-refractivity contribution in [2.75, 3.05) is 26.2 Å². The molecule has 1 N–H and O–H groups in total. The molecule has 0 radical (unpaired) electrons. The Labute approximate surface area is 138 Å². The van der Waals surface area contributed by atoms with Crippen LogP contribution in [0.5, 0.6) is 0 Å². The molecular weight excluding hydrogens is 317 g/mol. The molecule has 0 amide bonds. The summed E-state index contributed by atoms with van der Waals surface area (Å²) in [5, 5.41) is 4.62. The van der Waals surface area contributed by atoms with Gasteiger partial charge in [0.1, 0.15) is 0 Å². The molecule has 1 aliphatic rings. The Morgan fingerprint density at radius 2 is 1.70 bits per heavy atom. The lowest BCUT2D eigenvalue weighted by Crippen LogP contribution is -2.42. The summed E-state index contributed by atoms with van der Waals surface area (Å²) in [6.45, 7) is 5.46. The zero-order valence-corrected chi connectivity index (χ0v) is 13.6. The number of fused-ring (bicyclic) bond motifs is 1. The molecule has 3 rings (SSSR count). The maximum Gasteiger partial charge on any atom is 0.0746 e. The van der Waals surface area contributed by atoms with E-state index in [0.717, 1.165) is 38.2 Å². The van der Waals surface area contributed by atoms with Crippen molar-refractivity contribution < 1.29 is 0 Å². The van der Waals surface area contributed by atoms with E-state index >= 15 is 0 Å². The monoisotopic (exact) mass is 335 g/mol. The average Bonchev–Trinajstić information content (AvgIpc) is 2.40. The number of hydrogen-bond donors (Lipinski definition) is 1. The second kappa shape index (κ2) is 9.37. The van der Waals surface area contributed by atoms with Gasteiger partial charge in [0.05, 0.1) is 5.52 Å². The fraction of sp³-hybridized carbons (Fsp3) is 0.357. The van der Waals surface area contributed by atoms with E-state index in [1.807, 2.05) is 12.3 Å². The molecule has 0 unspecified atom stereocenters. The summed E-state index contributed by atoms with van der Waals surface area (Å²) in [7, 11) is 0. The van der Waals surface area contributed by atoms with Crippen LogP contribution in [0.1, 0.15) is 5.56 Å². The third-order valence-electron chi connectivity index (χ3n) is 3.32. The molecule has 112 valence electrons. The Morgan fingerprint density at radius 3 is 2.45 bits per heavy atom. The highest BCUT2D eigenvalue weighted by Crippen LogP contribution is 2.17. The van der Waals surface area contributed by atoms with Crippen LogP contribution in [0.2, 0.25) is 0 Å². The summed E-state index contributed by atoms with van der Waals surface area (Å²) >= 11 is 0. The van der Waals surface area contributed by atoms with E-state index in [4.69, 9.17) is 0 Å². The van der Waals surface area contributed by atoms with Crippen molar-refractivity contribution in [1.82, 2.24) is 15.2 Å². The third-order valence-corrected chi connectivity index (χ3v) is 3.32. The number of para-hydroxylation sites is 1. The number of hydrogen-bond acceptors (Lipinski definition) is 3. The Morgan fingerprint density at radius 1 is 1.00 bits per heavy atom. The van der Waals surface area contributed by atoms with Crippen LogP contribution in [0.4, 0.5) is 0 Å². The molecule has 0 spiro atoms. The second-order valence-corrected chi connectivity index (χ2v) is 4.52. The van der Waals surface area contributed by atoms with Crippen LogP contribution in [0, 0.1) is 0 Å². The third kappa shape index (κ3) is 4.47. The van der Waals surface area contributed by atoms with Gasteiger partial charge in [-0.3, -0.25) is 9.88 Å². The lowest BCUT2D eigenvalue weighted by atomic mass is 10.1. The zero-order chi connectivity index (χ0) is 11.5. The van der Waals surface area contributed by atoms with E-state index in [2.05, 4.69) is 39.5 Å². The molecule has 2 heterocycles. The van der Waals surface area contributed by atoms with Crippen LogP contribution in [0.25, 0.3) is 10.9 Å². The van der Waals surface area contributed by atoms with Gasteiger partial charge in [-0.25, -0.2) is 0 Å².